The lowest BCUT2D eigenvalue weighted by molar-refractivity contribution is -0.109. The van der Waals surface area contributed by atoms with E-state index in [1.165, 1.54) is 10.4 Å². The number of hydrogen-bond donors (Lipinski definition) is 0. The van der Waals surface area contributed by atoms with Crippen molar-refractivity contribution >= 4 is 25.0 Å². The Morgan fingerprint density at radius 1 is 0.964 bits per heavy atom. The fourth-order valence-corrected chi connectivity index (χ4v) is 8.91. The summed E-state index contributed by atoms with van der Waals surface area (Å²) in [5, 5.41) is 2.56. The third kappa shape index (κ3) is 5.01. The van der Waals surface area contributed by atoms with Gasteiger partial charge in [0, 0.05) is 12.5 Å². The van der Waals surface area contributed by atoms with Crippen molar-refractivity contribution in [3.05, 3.63) is 60.7 Å². The average Bonchev–Trinajstić information content (AvgIpc) is 2.69. The van der Waals surface area contributed by atoms with E-state index < -0.39 is 8.32 Å². The molecule has 0 saturated carbocycles. The molecule has 28 heavy (non-hydrogen) atoms. The Kier molecular flexibility index (Phi) is 8.20. The summed E-state index contributed by atoms with van der Waals surface area (Å²) in [6, 6.07) is 21.5. The molecule has 0 unspecified atom stereocenters. The van der Waals surface area contributed by atoms with Crippen molar-refractivity contribution in [1.82, 2.24) is 0 Å². The Bertz CT molecular complexity index is 667. The van der Waals surface area contributed by atoms with Crippen LogP contribution in [0.3, 0.4) is 0 Å². The van der Waals surface area contributed by atoms with Gasteiger partial charge in [0.1, 0.15) is 6.29 Å². The van der Waals surface area contributed by atoms with E-state index in [1.807, 2.05) is 0 Å². The SMILES string of the molecule is CCCC[C@@H](O[Si](c1ccccc1)(c1ccccc1)C(C)(C)C)[C@@H](C)CC=O. The van der Waals surface area contributed by atoms with Gasteiger partial charge in [-0.2, -0.15) is 0 Å². The zero-order valence-electron chi connectivity index (χ0n) is 18.2. The summed E-state index contributed by atoms with van der Waals surface area (Å²) in [4.78, 5) is 11.3. The molecular weight excluding hydrogens is 360 g/mol. The first-order chi connectivity index (χ1) is 13.4. The van der Waals surface area contributed by atoms with Crippen molar-refractivity contribution in [3.63, 3.8) is 0 Å². The zero-order chi connectivity index (χ0) is 20.6. The van der Waals surface area contributed by atoms with Gasteiger partial charge in [-0.1, -0.05) is 108 Å². The summed E-state index contributed by atoms with van der Waals surface area (Å²) in [5.41, 5.74) is 0. The first kappa shape index (κ1) is 22.6. The smallest absolute Gasteiger partial charge is 0.261 e. The predicted molar refractivity (Wildman–Crippen MR) is 122 cm³/mol. The van der Waals surface area contributed by atoms with Crippen molar-refractivity contribution < 1.29 is 9.22 Å². The van der Waals surface area contributed by atoms with Crippen LogP contribution in [0.4, 0.5) is 0 Å². The molecule has 0 amide bonds. The van der Waals surface area contributed by atoms with Crippen molar-refractivity contribution in [2.24, 2.45) is 5.92 Å². The molecule has 0 radical (unpaired) electrons. The van der Waals surface area contributed by atoms with Crippen LogP contribution in [-0.2, 0) is 9.22 Å². The Labute approximate surface area is 172 Å². The molecule has 0 aliphatic heterocycles. The molecule has 0 aliphatic carbocycles. The summed E-state index contributed by atoms with van der Waals surface area (Å²) in [6.07, 6.45) is 4.91. The molecule has 152 valence electrons. The third-order valence-electron chi connectivity index (χ3n) is 5.69. The number of hydrogen-bond acceptors (Lipinski definition) is 2. The molecule has 3 heteroatoms. The van der Waals surface area contributed by atoms with Crippen molar-refractivity contribution in [3.8, 4) is 0 Å². The van der Waals surface area contributed by atoms with Crippen molar-refractivity contribution in [1.29, 1.82) is 0 Å². The number of unbranched alkanes of at least 4 members (excludes halogenated alkanes) is 1. The van der Waals surface area contributed by atoms with Crippen LogP contribution in [-0.4, -0.2) is 20.7 Å². The molecule has 0 bridgehead atoms. The van der Waals surface area contributed by atoms with Crippen LogP contribution in [0.5, 0.6) is 0 Å². The van der Waals surface area contributed by atoms with E-state index in [9.17, 15) is 4.79 Å². The number of carbonyl (C=O) groups excluding carboxylic acids is 1. The van der Waals surface area contributed by atoms with E-state index in [2.05, 4.69) is 95.3 Å². The molecule has 2 nitrogen and oxygen atoms in total. The van der Waals surface area contributed by atoms with E-state index >= 15 is 0 Å². The van der Waals surface area contributed by atoms with Crippen LogP contribution in [0.1, 0.15) is 60.3 Å². The summed E-state index contributed by atoms with van der Waals surface area (Å²) >= 11 is 0. The maximum atomic E-state index is 11.3. The average molecular weight is 397 g/mol. The molecular formula is C25H36O2Si. The van der Waals surface area contributed by atoms with Crippen LogP contribution >= 0.6 is 0 Å². The highest BCUT2D eigenvalue weighted by molar-refractivity contribution is 6.99. The van der Waals surface area contributed by atoms with Gasteiger partial charge in [-0.3, -0.25) is 0 Å². The summed E-state index contributed by atoms with van der Waals surface area (Å²) in [7, 11) is -2.57. The Balaban J connectivity index is 2.63. The molecule has 2 atom stereocenters. The van der Waals surface area contributed by atoms with Crippen LogP contribution in [0.2, 0.25) is 5.04 Å². The van der Waals surface area contributed by atoms with Gasteiger partial charge in [0.05, 0.1) is 0 Å². The molecule has 2 aromatic rings. The second-order valence-electron chi connectivity index (χ2n) is 8.84. The van der Waals surface area contributed by atoms with Gasteiger partial charge < -0.3 is 9.22 Å². The summed E-state index contributed by atoms with van der Waals surface area (Å²) in [5.74, 6) is 0.214. The van der Waals surface area contributed by atoms with E-state index in [1.54, 1.807) is 0 Å². The first-order valence-corrected chi connectivity index (χ1v) is 12.5. The standard InChI is InChI=1S/C25H36O2Si/c1-6-7-18-24(21(2)19-20-26)27-28(25(3,4)5,22-14-10-8-11-15-22)23-16-12-9-13-17-23/h8-17,20-21,24H,6-7,18-19H2,1-5H3/t21-,24+/m0/s1. The quantitative estimate of drug-likeness (QED) is 0.400. The Morgan fingerprint density at radius 2 is 1.46 bits per heavy atom. The van der Waals surface area contributed by atoms with Gasteiger partial charge >= 0.3 is 0 Å². The number of aldehydes is 1. The highest BCUT2D eigenvalue weighted by Gasteiger charge is 2.51. The number of carbonyl (C=O) groups is 1. The van der Waals surface area contributed by atoms with Crippen LogP contribution in [0.15, 0.2) is 60.7 Å². The van der Waals surface area contributed by atoms with E-state index in [4.69, 9.17) is 4.43 Å². The minimum atomic E-state index is -2.57. The lowest BCUT2D eigenvalue weighted by Crippen LogP contribution is -2.68. The molecule has 0 heterocycles. The van der Waals surface area contributed by atoms with Crippen LogP contribution < -0.4 is 10.4 Å². The monoisotopic (exact) mass is 396 g/mol. The highest BCUT2D eigenvalue weighted by atomic mass is 28.4. The van der Waals surface area contributed by atoms with E-state index in [-0.39, 0.29) is 17.1 Å². The zero-order valence-corrected chi connectivity index (χ0v) is 19.2. The van der Waals surface area contributed by atoms with Crippen molar-refractivity contribution in [2.75, 3.05) is 0 Å². The van der Waals surface area contributed by atoms with Crippen LogP contribution in [0.25, 0.3) is 0 Å². The molecule has 0 spiro atoms. The Hall–Kier alpha value is -1.71. The van der Waals surface area contributed by atoms with Gasteiger partial charge in [0.2, 0.25) is 0 Å². The molecule has 0 saturated heterocycles. The van der Waals surface area contributed by atoms with E-state index in [0.717, 1.165) is 25.5 Å². The maximum Gasteiger partial charge on any atom is 0.261 e. The van der Waals surface area contributed by atoms with Gasteiger partial charge in [-0.05, 0) is 27.8 Å². The van der Waals surface area contributed by atoms with Crippen molar-refractivity contribution in [2.45, 2.75) is 71.4 Å². The molecule has 0 aromatic heterocycles. The predicted octanol–water partition coefficient (Wildman–Crippen LogP) is 5.35. The second-order valence-corrected chi connectivity index (χ2v) is 13.1. The fraction of sp³-hybridized carbons (Fsp3) is 0.480. The maximum absolute atomic E-state index is 11.3. The summed E-state index contributed by atoms with van der Waals surface area (Å²) < 4.78 is 7.27. The lowest BCUT2D eigenvalue weighted by atomic mass is 9.97. The van der Waals surface area contributed by atoms with Gasteiger partial charge in [0.15, 0.2) is 0 Å². The molecule has 2 rings (SSSR count). The third-order valence-corrected chi connectivity index (χ3v) is 10.8. The molecule has 0 N–H and O–H groups in total. The minimum absolute atomic E-state index is 0.0406. The summed E-state index contributed by atoms with van der Waals surface area (Å²) in [6.45, 7) is 11.3. The van der Waals surface area contributed by atoms with Gasteiger partial charge in [-0.15, -0.1) is 0 Å². The minimum Gasteiger partial charge on any atom is -0.404 e. The number of rotatable bonds is 10. The molecule has 2 aromatic carbocycles. The highest BCUT2D eigenvalue weighted by Crippen LogP contribution is 2.39. The number of benzene rings is 2. The van der Waals surface area contributed by atoms with Crippen LogP contribution in [0, 0.1) is 5.92 Å². The molecule has 0 aliphatic rings. The fourth-order valence-electron chi connectivity index (χ4n) is 4.09. The van der Waals surface area contributed by atoms with Gasteiger partial charge in [0.25, 0.3) is 8.32 Å². The first-order valence-electron chi connectivity index (χ1n) is 10.6. The normalized spacial score (nSPS) is 14.5. The molecule has 0 fully saturated rings. The lowest BCUT2D eigenvalue weighted by Gasteiger charge is -2.46. The Morgan fingerprint density at radius 3 is 1.86 bits per heavy atom. The second kappa shape index (κ2) is 10.2. The van der Waals surface area contributed by atoms with E-state index in [0.29, 0.717) is 6.42 Å². The van der Waals surface area contributed by atoms with Gasteiger partial charge in [-0.25, -0.2) is 0 Å². The largest absolute Gasteiger partial charge is 0.404 e. The topological polar surface area (TPSA) is 26.3 Å².